The normalized spacial score (nSPS) is 20.3. The van der Waals surface area contributed by atoms with Crippen LogP contribution >= 0.6 is 0 Å². The molecule has 0 bridgehead atoms. The highest BCUT2D eigenvalue weighted by atomic mass is 32.2. The third-order valence-corrected chi connectivity index (χ3v) is 6.52. The monoisotopic (exact) mass is 401 g/mol. The van der Waals surface area contributed by atoms with Gasteiger partial charge in [-0.2, -0.15) is 0 Å². The maximum atomic E-state index is 11.9. The predicted molar refractivity (Wildman–Crippen MR) is 106 cm³/mol. The molecule has 0 radical (unpaired) electrons. The molecular formula is C18H23N7O2S. The number of hydrogen-bond acceptors (Lipinski definition) is 7. The van der Waals surface area contributed by atoms with Crippen LogP contribution in [0.4, 0.5) is 5.95 Å². The molecule has 2 heterocycles. The maximum absolute atomic E-state index is 11.9. The van der Waals surface area contributed by atoms with Crippen molar-refractivity contribution in [1.82, 2.24) is 29.8 Å². The smallest absolute Gasteiger partial charge is 0.227 e. The second-order valence-electron chi connectivity index (χ2n) is 6.89. The van der Waals surface area contributed by atoms with Crippen molar-refractivity contribution in [3.63, 3.8) is 0 Å². The van der Waals surface area contributed by atoms with Crippen LogP contribution in [0.5, 0.6) is 0 Å². The van der Waals surface area contributed by atoms with Gasteiger partial charge in [0.25, 0.3) is 0 Å². The fourth-order valence-corrected chi connectivity index (χ4v) is 4.51. The minimum atomic E-state index is -3.20. The molecule has 2 aromatic heterocycles. The molecule has 0 spiro atoms. The highest BCUT2D eigenvalue weighted by molar-refractivity contribution is 7.89. The lowest BCUT2D eigenvalue weighted by Gasteiger charge is -2.36. The molecule has 0 amide bonds. The van der Waals surface area contributed by atoms with Crippen molar-refractivity contribution < 1.29 is 8.42 Å². The van der Waals surface area contributed by atoms with Gasteiger partial charge >= 0.3 is 0 Å². The van der Waals surface area contributed by atoms with Gasteiger partial charge < -0.3 is 0 Å². The number of nitrogens with one attached hydrogen (secondary N) is 1. The van der Waals surface area contributed by atoms with Gasteiger partial charge in [-0.05, 0) is 56.0 Å². The average Bonchev–Trinajstić information content (AvgIpc) is 3.14. The zero-order valence-corrected chi connectivity index (χ0v) is 16.5. The van der Waals surface area contributed by atoms with Crippen LogP contribution in [-0.2, 0) is 10.0 Å². The Balaban J connectivity index is 1.61. The first-order chi connectivity index (χ1) is 13.6. The standard InChI is InChI=1S/C18H23N7O2S/c1-2-28(26,27)22-14-8-10-15(11-9-14)24(18-19-12-5-13-20-18)25-17-7-4-3-6-16(17)21-23-25/h3-7,12-15,22H,2,8-11H2,1H3. The minimum Gasteiger partial charge on any atom is -0.227 e. The third-order valence-electron chi connectivity index (χ3n) is 5.06. The van der Waals surface area contributed by atoms with E-state index in [2.05, 4.69) is 25.0 Å². The van der Waals surface area contributed by atoms with E-state index in [9.17, 15) is 8.42 Å². The number of sulfonamides is 1. The van der Waals surface area contributed by atoms with Crippen molar-refractivity contribution in [1.29, 1.82) is 0 Å². The van der Waals surface area contributed by atoms with Crippen molar-refractivity contribution in [3.8, 4) is 0 Å². The lowest BCUT2D eigenvalue weighted by atomic mass is 9.91. The first kappa shape index (κ1) is 18.8. The summed E-state index contributed by atoms with van der Waals surface area (Å²) in [6, 6.07) is 9.59. The molecular weight excluding hydrogens is 378 g/mol. The summed E-state index contributed by atoms with van der Waals surface area (Å²) in [5.74, 6) is 0.651. The first-order valence-electron chi connectivity index (χ1n) is 9.44. The molecule has 1 aliphatic carbocycles. The molecule has 148 valence electrons. The van der Waals surface area contributed by atoms with Gasteiger partial charge in [-0.3, -0.25) is 0 Å². The van der Waals surface area contributed by atoms with Crippen molar-refractivity contribution in [2.75, 3.05) is 10.8 Å². The molecule has 0 unspecified atom stereocenters. The Bertz CT molecular complexity index is 1030. The molecule has 1 saturated carbocycles. The number of para-hydroxylation sites is 1. The Morgan fingerprint density at radius 3 is 2.54 bits per heavy atom. The summed E-state index contributed by atoms with van der Waals surface area (Å²) in [6.45, 7) is 1.65. The molecule has 3 aromatic rings. The van der Waals surface area contributed by atoms with Crippen molar-refractivity contribution in [2.24, 2.45) is 0 Å². The summed E-state index contributed by atoms with van der Waals surface area (Å²) in [6.07, 6.45) is 6.50. The van der Waals surface area contributed by atoms with Gasteiger partial charge in [0.2, 0.25) is 16.0 Å². The fourth-order valence-electron chi connectivity index (χ4n) is 3.60. The lowest BCUT2D eigenvalue weighted by Crippen LogP contribution is -2.47. The number of nitrogens with zero attached hydrogens (tertiary/aromatic N) is 6. The quantitative estimate of drug-likeness (QED) is 0.670. The molecule has 4 rings (SSSR count). The van der Waals surface area contributed by atoms with E-state index in [0.717, 1.165) is 36.7 Å². The first-order valence-corrected chi connectivity index (χ1v) is 11.1. The molecule has 1 N–H and O–H groups in total. The highest BCUT2D eigenvalue weighted by Gasteiger charge is 2.31. The summed E-state index contributed by atoms with van der Waals surface area (Å²) in [5, 5.41) is 10.6. The summed E-state index contributed by atoms with van der Waals surface area (Å²) in [7, 11) is -3.20. The van der Waals surface area contributed by atoms with E-state index in [-0.39, 0.29) is 17.8 Å². The van der Waals surface area contributed by atoms with Gasteiger partial charge in [-0.25, -0.2) is 28.1 Å². The van der Waals surface area contributed by atoms with Gasteiger partial charge in [0, 0.05) is 18.4 Å². The molecule has 0 aliphatic heterocycles. The molecule has 1 aromatic carbocycles. The largest absolute Gasteiger partial charge is 0.246 e. The topological polar surface area (TPSA) is 106 Å². The third kappa shape index (κ3) is 3.83. The Kier molecular flexibility index (Phi) is 5.23. The number of rotatable bonds is 6. The number of fused-ring (bicyclic) bond motifs is 1. The highest BCUT2D eigenvalue weighted by Crippen LogP contribution is 2.27. The van der Waals surface area contributed by atoms with Crippen LogP contribution < -0.4 is 9.73 Å². The summed E-state index contributed by atoms with van der Waals surface area (Å²) in [5.41, 5.74) is 1.68. The SMILES string of the molecule is CCS(=O)(=O)NC1CCC(N(c2ncccn2)n2nnc3ccccc32)CC1. The van der Waals surface area contributed by atoms with E-state index in [1.807, 2.05) is 29.3 Å². The molecule has 28 heavy (non-hydrogen) atoms. The molecule has 1 aliphatic rings. The molecule has 1 fully saturated rings. The van der Waals surface area contributed by atoms with Crippen LogP contribution in [-0.4, -0.2) is 51.3 Å². The number of hydrogen-bond donors (Lipinski definition) is 1. The van der Waals surface area contributed by atoms with E-state index in [1.54, 1.807) is 30.2 Å². The average molecular weight is 401 g/mol. The Morgan fingerprint density at radius 1 is 1.11 bits per heavy atom. The minimum absolute atomic E-state index is 0.0350. The van der Waals surface area contributed by atoms with Crippen LogP contribution in [0.3, 0.4) is 0 Å². The van der Waals surface area contributed by atoms with Gasteiger partial charge in [-0.15, -0.1) is 9.89 Å². The second kappa shape index (κ2) is 7.80. The number of anilines is 1. The van der Waals surface area contributed by atoms with E-state index in [4.69, 9.17) is 0 Å². The second-order valence-corrected chi connectivity index (χ2v) is 8.93. The van der Waals surface area contributed by atoms with Crippen LogP contribution in [0.1, 0.15) is 32.6 Å². The lowest BCUT2D eigenvalue weighted by molar-refractivity contribution is 0.335. The predicted octanol–water partition coefficient (Wildman–Crippen LogP) is 1.74. The Labute approximate surface area is 163 Å². The summed E-state index contributed by atoms with van der Waals surface area (Å²) >= 11 is 0. The molecule has 0 atom stereocenters. The van der Waals surface area contributed by atoms with E-state index >= 15 is 0 Å². The van der Waals surface area contributed by atoms with Crippen LogP contribution in [0.25, 0.3) is 11.0 Å². The van der Waals surface area contributed by atoms with E-state index in [0.29, 0.717) is 5.95 Å². The Morgan fingerprint density at radius 2 is 1.82 bits per heavy atom. The zero-order valence-electron chi connectivity index (χ0n) is 15.6. The van der Waals surface area contributed by atoms with Gasteiger partial charge in [0.1, 0.15) is 11.0 Å². The number of aromatic nitrogens is 5. The van der Waals surface area contributed by atoms with Crippen molar-refractivity contribution >= 4 is 27.0 Å². The molecule has 0 saturated heterocycles. The summed E-state index contributed by atoms with van der Waals surface area (Å²) < 4.78 is 26.5. The maximum Gasteiger partial charge on any atom is 0.246 e. The zero-order chi connectivity index (χ0) is 19.6. The van der Waals surface area contributed by atoms with Crippen LogP contribution in [0.15, 0.2) is 42.7 Å². The fraction of sp³-hybridized carbons (Fsp3) is 0.444. The van der Waals surface area contributed by atoms with E-state index < -0.39 is 10.0 Å². The van der Waals surface area contributed by atoms with Crippen molar-refractivity contribution in [2.45, 2.75) is 44.7 Å². The summed E-state index contributed by atoms with van der Waals surface area (Å²) in [4.78, 5) is 10.6. The van der Waals surface area contributed by atoms with Gasteiger partial charge in [0.15, 0.2) is 0 Å². The van der Waals surface area contributed by atoms with E-state index in [1.165, 1.54) is 0 Å². The molecule has 10 heteroatoms. The van der Waals surface area contributed by atoms with Crippen molar-refractivity contribution in [3.05, 3.63) is 42.7 Å². The molecule has 9 nitrogen and oxygen atoms in total. The number of benzene rings is 1. The van der Waals surface area contributed by atoms with Gasteiger partial charge in [0.05, 0.1) is 11.8 Å². The van der Waals surface area contributed by atoms with Crippen LogP contribution in [0.2, 0.25) is 0 Å². The van der Waals surface area contributed by atoms with Crippen LogP contribution in [0, 0.1) is 0 Å². The van der Waals surface area contributed by atoms with Gasteiger partial charge in [-0.1, -0.05) is 12.1 Å². The Hall–Kier alpha value is -2.59.